The average Bonchev–Trinajstić information content (AvgIpc) is 3.07. The maximum Gasteiger partial charge on any atom is 0.338 e. The smallest absolute Gasteiger partial charge is 0.338 e. The minimum Gasteiger partial charge on any atom is -0.458 e. The predicted molar refractivity (Wildman–Crippen MR) is 117 cm³/mol. The highest BCUT2D eigenvalue weighted by Gasteiger charge is 2.61. The first-order chi connectivity index (χ1) is 13.2. The maximum atomic E-state index is 11.8. The molecule has 2 saturated carbocycles. The monoisotopic (exact) mass is 403 g/mol. The van der Waals surface area contributed by atoms with E-state index < -0.39 is 7.49 Å². The lowest BCUT2D eigenvalue weighted by molar-refractivity contribution is -0.135. The quantitative estimate of drug-likeness (QED) is 0.347. The molecule has 6 unspecified atom stereocenters. The Hall–Kier alpha value is -0.920. The molecule has 3 fully saturated rings. The number of ether oxygens (including phenoxy) is 1. The average molecular weight is 404 g/mol. The summed E-state index contributed by atoms with van der Waals surface area (Å²) in [7, 11) is 0.731. The zero-order chi connectivity index (χ0) is 20.2. The van der Waals surface area contributed by atoms with Gasteiger partial charge in [-0.2, -0.15) is 0 Å². The molecule has 0 aromatic carbocycles. The molecule has 0 amide bonds. The van der Waals surface area contributed by atoms with E-state index in [2.05, 4.69) is 33.2 Å². The van der Waals surface area contributed by atoms with Gasteiger partial charge in [0, 0.05) is 11.8 Å². The van der Waals surface area contributed by atoms with Crippen molar-refractivity contribution in [2.45, 2.75) is 46.0 Å². The van der Waals surface area contributed by atoms with Gasteiger partial charge in [0.15, 0.2) is 0 Å². The summed E-state index contributed by atoms with van der Waals surface area (Å²) in [6.45, 7) is 12.3. The highest BCUT2D eigenvalue weighted by atomic mass is 31.2. The van der Waals surface area contributed by atoms with Crippen LogP contribution in [-0.2, 0) is 14.1 Å². The van der Waals surface area contributed by atoms with Crippen LogP contribution in [0.1, 0.15) is 46.0 Å². The Bertz CT molecular complexity index is 740. The minimum absolute atomic E-state index is 0.190. The topological polar surface area (TPSA) is 35.5 Å². The second-order valence-corrected chi connectivity index (χ2v) is 14.0. The number of carbonyl (C=O) groups excluding carboxylic acids is 1. The van der Waals surface area contributed by atoms with E-state index in [1.165, 1.54) is 43.6 Å². The molecule has 28 heavy (non-hydrogen) atoms. The number of rotatable bonds is 3. The molecule has 2 heterocycles. The van der Waals surface area contributed by atoms with Gasteiger partial charge in [0.2, 0.25) is 0 Å². The lowest BCUT2D eigenvalue weighted by atomic mass is 9.44. The van der Waals surface area contributed by atoms with Crippen molar-refractivity contribution < 1.29 is 14.1 Å². The van der Waals surface area contributed by atoms with Crippen molar-refractivity contribution in [2.24, 2.45) is 28.6 Å². The first-order valence-corrected chi connectivity index (χ1v) is 13.4. The maximum absolute atomic E-state index is 11.8. The molecular formula is C24H36O3P+. The molecule has 0 spiro atoms. The Morgan fingerprint density at radius 2 is 2.07 bits per heavy atom. The van der Waals surface area contributed by atoms with Gasteiger partial charge < -0.3 is 4.74 Å². The molecule has 1 saturated heterocycles. The summed E-state index contributed by atoms with van der Waals surface area (Å²) < 4.78 is 11.1. The molecule has 3 nitrogen and oxygen atoms in total. The van der Waals surface area contributed by atoms with Crippen LogP contribution in [0.2, 0.25) is 0 Å². The zero-order valence-corrected chi connectivity index (χ0v) is 18.9. The lowest BCUT2D eigenvalue weighted by Crippen LogP contribution is -2.56. The second-order valence-electron chi connectivity index (χ2n) is 10.2. The zero-order valence-electron chi connectivity index (χ0n) is 18.0. The fourth-order valence-electron chi connectivity index (χ4n) is 6.95. The van der Waals surface area contributed by atoms with Crippen LogP contribution in [0.15, 0.2) is 36.0 Å². The number of fused-ring (bicyclic) bond motifs is 3. The van der Waals surface area contributed by atoms with E-state index in [-0.39, 0.29) is 11.4 Å². The van der Waals surface area contributed by atoms with E-state index in [0.717, 1.165) is 12.3 Å². The fraction of sp³-hybridized carbons (Fsp3) is 0.708. The third-order valence-electron chi connectivity index (χ3n) is 8.85. The van der Waals surface area contributed by atoms with Crippen molar-refractivity contribution >= 4 is 13.5 Å². The molecule has 0 N–H and O–H groups in total. The van der Waals surface area contributed by atoms with E-state index in [1.54, 1.807) is 0 Å². The van der Waals surface area contributed by atoms with E-state index in [0.29, 0.717) is 29.4 Å². The highest BCUT2D eigenvalue weighted by Crippen LogP contribution is 2.72. The molecular weight excluding hydrogens is 367 g/mol. The van der Waals surface area contributed by atoms with Crippen LogP contribution in [0.3, 0.4) is 0 Å². The van der Waals surface area contributed by atoms with E-state index in [4.69, 9.17) is 9.26 Å². The Balaban J connectivity index is 1.62. The molecule has 6 atom stereocenters. The van der Waals surface area contributed by atoms with Crippen molar-refractivity contribution in [3.05, 3.63) is 36.0 Å². The number of hydrogen-bond donors (Lipinski definition) is 0. The van der Waals surface area contributed by atoms with Crippen LogP contribution in [0, 0.1) is 28.6 Å². The van der Waals surface area contributed by atoms with Crippen molar-refractivity contribution in [1.82, 2.24) is 0 Å². The summed E-state index contributed by atoms with van der Waals surface area (Å²) in [5.41, 5.74) is 2.69. The van der Waals surface area contributed by atoms with Gasteiger partial charge >= 0.3 is 5.97 Å². The van der Waals surface area contributed by atoms with Gasteiger partial charge in [0.1, 0.15) is 14.1 Å². The number of esters is 1. The Morgan fingerprint density at radius 3 is 2.75 bits per heavy atom. The van der Waals surface area contributed by atoms with Gasteiger partial charge in [0.25, 0.3) is 0 Å². The highest BCUT2D eigenvalue weighted by molar-refractivity contribution is 7.70. The van der Waals surface area contributed by atoms with E-state index >= 15 is 0 Å². The van der Waals surface area contributed by atoms with Crippen LogP contribution in [0.5, 0.6) is 0 Å². The Kier molecular flexibility index (Phi) is 5.16. The van der Waals surface area contributed by atoms with E-state index in [1.807, 2.05) is 19.3 Å². The summed E-state index contributed by atoms with van der Waals surface area (Å²) in [6.07, 6.45) is 14.9. The summed E-state index contributed by atoms with van der Waals surface area (Å²) in [5, 5.41) is 0. The molecule has 0 aromatic heterocycles. The van der Waals surface area contributed by atoms with Crippen molar-refractivity contribution in [1.29, 1.82) is 0 Å². The van der Waals surface area contributed by atoms with Gasteiger partial charge in [-0.1, -0.05) is 38.2 Å². The van der Waals surface area contributed by atoms with Crippen LogP contribution in [0.4, 0.5) is 0 Å². The molecule has 4 aliphatic rings. The summed E-state index contributed by atoms with van der Waals surface area (Å²) in [5.74, 6) is 1.67. The van der Waals surface area contributed by atoms with Gasteiger partial charge in [-0.25, -0.2) is 9.32 Å². The summed E-state index contributed by atoms with van der Waals surface area (Å²) in [6, 6.07) is 0. The van der Waals surface area contributed by atoms with Crippen LogP contribution in [-0.4, -0.2) is 38.7 Å². The molecule has 0 aromatic rings. The van der Waals surface area contributed by atoms with Crippen LogP contribution in [0.25, 0.3) is 0 Å². The summed E-state index contributed by atoms with van der Waals surface area (Å²) in [4.78, 5) is 11.8. The van der Waals surface area contributed by atoms with Gasteiger partial charge in [-0.15, -0.1) is 0 Å². The minimum atomic E-state index is -1.20. The molecule has 0 radical (unpaired) electrons. The first kappa shape index (κ1) is 20.4. The largest absolute Gasteiger partial charge is 0.458 e. The van der Waals surface area contributed by atoms with Crippen LogP contribution >= 0.6 is 7.49 Å². The molecule has 0 bridgehead atoms. The second kappa shape index (κ2) is 7.10. The lowest BCUT2D eigenvalue weighted by Gasteiger charge is -2.62. The first-order valence-electron chi connectivity index (χ1n) is 10.9. The predicted octanol–water partition coefficient (Wildman–Crippen LogP) is 5.64. The third kappa shape index (κ3) is 3.14. The van der Waals surface area contributed by atoms with Gasteiger partial charge in [0.05, 0.1) is 31.7 Å². The SMILES string of the molecule is C=C1CCC2C3(C)CC[P+](C)(OC)CC3CCC2(C)C1/C=C/C1=CCOC1=O. The molecule has 4 heteroatoms. The molecule has 2 aliphatic carbocycles. The van der Waals surface area contributed by atoms with E-state index in [9.17, 15) is 4.79 Å². The van der Waals surface area contributed by atoms with Crippen molar-refractivity contribution in [3.63, 3.8) is 0 Å². The Morgan fingerprint density at radius 1 is 1.29 bits per heavy atom. The van der Waals surface area contributed by atoms with Crippen molar-refractivity contribution in [3.8, 4) is 0 Å². The number of allylic oxidation sites excluding steroid dienone is 2. The fourth-order valence-corrected chi connectivity index (χ4v) is 9.96. The molecule has 4 rings (SSSR count). The van der Waals surface area contributed by atoms with Crippen LogP contribution < -0.4 is 0 Å². The number of hydrogen-bond acceptors (Lipinski definition) is 3. The van der Waals surface area contributed by atoms with Crippen molar-refractivity contribution in [2.75, 3.05) is 32.7 Å². The molecule has 154 valence electrons. The standard InChI is InChI=1S/C24H36O3P/c1-17-6-9-21-23(2)13-15-28(5,26-4)16-19(23)10-12-24(21,3)20(17)8-7-18-11-14-27-22(18)25/h7-8,11,19-21H,1,6,9-10,12-16H2,2-5H3/q+1/b8-7+. The third-order valence-corrected chi connectivity index (χ3v) is 12.1. The van der Waals surface area contributed by atoms with Gasteiger partial charge in [-0.3, -0.25) is 0 Å². The molecule has 2 aliphatic heterocycles. The summed E-state index contributed by atoms with van der Waals surface area (Å²) >= 11 is 0. The number of carbonyl (C=O) groups is 1. The normalized spacial score (nSPS) is 46.1. The van der Waals surface area contributed by atoms with Gasteiger partial charge in [-0.05, 0) is 54.9 Å². The Labute approximate surface area is 171 Å². The number of cyclic esters (lactones) is 1.